The summed E-state index contributed by atoms with van der Waals surface area (Å²) in [4.78, 5) is 24.5. The van der Waals surface area contributed by atoms with Crippen LogP contribution in [0.5, 0.6) is 5.75 Å². The van der Waals surface area contributed by atoms with E-state index in [1.807, 2.05) is 56.3 Å². The van der Waals surface area contributed by atoms with E-state index in [4.69, 9.17) is 13.9 Å². The molecule has 0 unspecified atom stereocenters. The third kappa shape index (κ3) is 4.83. The number of benzene rings is 3. The van der Waals surface area contributed by atoms with Gasteiger partial charge in [0.25, 0.3) is 0 Å². The zero-order valence-corrected chi connectivity index (χ0v) is 17.3. The predicted octanol–water partition coefficient (Wildman–Crippen LogP) is 5.60. The standard InChI is InChI=1S/C26H22O5/c1-17(2)30-26(28)20-10-8-18(9-11-20)16-29-21-12-13-24-22(14-21)23(27)15-25(31-24)19-6-4-3-5-7-19/h3-15,17H,16H2,1-2H3. The Balaban J connectivity index is 1.49. The van der Waals surface area contributed by atoms with Crippen molar-refractivity contribution in [2.75, 3.05) is 0 Å². The first-order chi connectivity index (χ1) is 15.0. The molecule has 0 saturated heterocycles. The Morgan fingerprint density at radius 2 is 1.68 bits per heavy atom. The van der Waals surface area contributed by atoms with E-state index in [0.717, 1.165) is 11.1 Å². The SMILES string of the molecule is CC(C)OC(=O)c1ccc(COc2ccc3oc(-c4ccccc4)cc(=O)c3c2)cc1. The highest BCUT2D eigenvalue weighted by Gasteiger charge is 2.10. The number of ether oxygens (including phenoxy) is 2. The molecule has 4 rings (SSSR count). The molecule has 0 atom stereocenters. The molecule has 4 aromatic rings. The Hall–Kier alpha value is -3.86. The molecule has 5 heteroatoms. The maximum atomic E-state index is 12.6. The van der Waals surface area contributed by atoms with Crippen molar-refractivity contribution < 1.29 is 18.7 Å². The summed E-state index contributed by atoms with van der Waals surface area (Å²) in [5.74, 6) is 0.747. The summed E-state index contributed by atoms with van der Waals surface area (Å²) in [6.07, 6.45) is -0.162. The van der Waals surface area contributed by atoms with Gasteiger partial charge < -0.3 is 13.9 Å². The van der Waals surface area contributed by atoms with E-state index in [2.05, 4.69) is 0 Å². The average Bonchev–Trinajstić information content (AvgIpc) is 2.78. The van der Waals surface area contributed by atoms with Gasteiger partial charge in [0.1, 0.15) is 23.7 Å². The van der Waals surface area contributed by atoms with Crippen LogP contribution in [0, 0.1) is 0 Å². The van der Waals surface area contributed by atoms with Crippen LogP contribution < -0.4 is 10.2 Å². The molecule has 1 aromatic heterocycles. The molecule has 0 N–H and O–H groups in total. The van der Waals surface area contributed by atoms with Crippen LogP contribution in [0.1, 0.15) is 29.8 Å². The Morgan fingerprint density at radius 3 is 2.39 bits per heavy atom. The van der Waals surface area contributed by atoms with Gasteiger partial charge in [-0.05, 0) is 49.7 Å². The summed E-state index contributed by atoms with van der Waals surface area (Å²) in [5.41, 5.74) is 2.62. The Kier molecular flexibility index (Phi) is 5.85. The maximum absolute atomic E-state index is 12.6. The van der Waals surface area contributed by atoms with Crippen molar-refractivity contribution in [3.05, 3.63) is 100 Å². The number of esters is 1. The molecule has 5 nitrogen and oxygen atoms in total. The molecule has 0 fully saturated rings. The van der Waals surface area contributed by atoms with E-state index in [1.54, 1.807) is 30.3 Å². The lowest BCUT2D eigenvalue weighted by molar-refractivity contribution is 0.0378. The van der Waals surface area contributed by atoms with Gasteiger partial charge in [-0.3, -0.25) is 4.79 Å². The molecule has 0 aliphatic carbocycles. The van der Waals surface area contributed by atoms with Crippen LogP contribution in [0.2, 0.25) is 0 Å². The summed E-state index contributed by atoms with van der Waals surface area (Å²) >= 11 is 0. The van der Waals surface area contributed by atoms with Crippen LogP contribution in [0.3, 0.4) is 0 Å². The van der Waals surface area contributed by atoms with E-state index < -0.39 is 0 Å². The Labute approximate surface area is 179 Å². The van der Waals surface area contributed by atoms with Gasteiger partial charge in [-0.1, -0.05) is 42.5 Å². The molecule has 156 valence electrons. The minimum Gasteiger partial charge on any atom is -0.489 e. The number of hydrogen-bond donors (Lipinski definition) is 0. The zero-order chi connectivity index (χ0) is 21.8. The van der Waals surface area contributed by atoms with Gasteiger partial charge in [0.15, 0.2) is 5.43 Å². The fourth-order valence-electron chi connectivity index (χ4n) is 3.16. The van der Waals surface area contributed by atoms with Gasteiger partial charge in [0.2, 0.25) is 0 Å². The highest BCUT2D eigenvalue weighted by Crippen LogP contribution is 2.25. The molecular weight excluding hydrogens is 392 g/mol. The molecule has 0 bridgehead atoms. The lowest BCUT2D eigenvalue weighted by atomic mass is 10.1. The third-order valence-electron chi connectivity index (χ3n) is 4.69. The first-order valence-electron chi connectivity index (χ1n) is 10.1. The molecule has 0 aliphatic heterocycles. The lowest BCUT2D eigenvalue weighted by Crippen LogP contribution is -2.11. The van der Waals surface area contributed by atoms with Gasteiger partial charge in [-0.25, -0.2) is 4.79 Å². The van der Waals surface area contributed by atoms with Gasteiger partial charge in [-0.15, -0.1) is 0 Å². The molecule has 0 radical (unpaired) electrons. The molecular formula is C26H22O5. The molecule has 3 aromatic carbocycles. The van der Waals surface area contributed by atoms with Crippen molar-refractivity contribution >= 4 is 16.9 Å². The van der Waals surface area contributed by atoms with Gasteiger partial charge >= 0.3 is 5.97 Å². The molecule has 0 amide bonds. The predicted molar refractivity (Wildman–Crippen MR) is 119 cm³/mol. The van der Waals surface area contributed by atoms with Crippen molar-refractivity contribution in [3.8, 4) is 17.1 Å². The molecule has 1 heterocycles. The third-order valence-corrected chi connectivity index (χ3v) is 4.69. The first kappa shape index (κ1) is 20.4. The highest BCUT2D eigenvalue weighted by molar-refractivity contribution is 5.89. The zero-order valence-electron chi connectivity index (χ0n) is 17.3. The van der Waals surface area contributed by atoms with E-state index in [0.29, 0.717) is 34.6 Å². The number of hydrogen-bond acceptors (Lipinski definition) is 5. The second-order valence-electron chi connectivity index (χ2n) is 7.44. The summed E-state index contributed by atoms with van der Waals surface area (Å²) < 4.78 is 16.9. The summed E-state index contributed by atoms with van der Waals surface area (Å²) in [7, 11) is 0. The summed E-state index contributed by atoms with van der Waals surface area (Å²) in [5, 5.41) is 0.462. The topological polar surface area (TPSA) is 65.7 Å². The normalized spacial score (nSPS) is 10.9. The number of carbonyl (C=O) groups excluding carboxylic acids is 1. The number of carbonyl (C=O) groups is 1. The minimum atomic E-state index is -0.349. The quantitative estimate of drug-likeness (QED) is 0.384. The summed E-state index contributed by atoms with van der Waals surface area (Å²) in [6.45, 7) is 3.93. The van der Waals surface area contributed by atoms with Gasteiger partial charge in [-0.2, -0.15) is 0 Å². The number of rotatable bonds is 6. The van der Waals surface area contributed by atoms with E-state index >= 15 is 0 Å². The second-order valence-corrected chi connectivity index (χ2v) is 7.44. The summed E-state index contributed by atoms with van der Waals surface area (Å²) in [6, 6.07) is 23.3. The maximum Gasteiger partial charge on any atom is 0.338 e. The van der Waals surface area contributed by atoms with Crippen molar-refractivity contribution in [1.29, 1.82) is 0 Å². The van der Waals surface area contributed by atoms with Crippen LogP contribution in [0.15, 0.2) is 88.1 Å². The van der Waals surface area contributed by atoms with Crippen LogP contribution in [-0.2, 0) is 11.3 Å². The molecule has 0 aliphatic rings. The fourth-order valence-corrected chi connectivity index (χ4v) is 3.16. The van der Waals surface area contributed by atoms with Gasteiger partial charge in [0, 0.05) is 11.6 Å². The van der Waals surface area contributed by atoms with Crippen LogP contribution >= 0.6 is 0 Å². The smallest absolute Gasteiger partial charge is 0.338 e. The van der Waals surface area contributed by atoms with Crippen LogP contribution in [0.25, 0.3) is 22.3 Å². The fraction of sp³-hybridized carbons (Fsp3) is 0.154. The number of fused-ring (bicyclic) bond motifs is 1. The Bertz CT molecular complexity index is 1250. The first-order valence-corrected chi connectivity index (χ1v) is 10.1. The minimum absolute atomic E-state index is 0.126. The highest BCUT2D eigenvalue weighted by atomic mass is 16.5. The van der Waals surface area contributed by atoms with Crippen LogP contribution in [0.4, 0.5) is 0 Å². The van der Waals surface area contributed by atoms with E-state index in [9.17, 15) is 9.59 Å². The van der Waals surface area contributed by atoms with Crippen LogP contribution in [-0.4, -0.2) is 12.1 Å². The second kappa shape index (κ2) is 8.88. The monoisotopic (exact) mass is 414 g/mol. The molecule has 31 heavy (non-hydrogen) atoms. The van der Waals surface area contributed by atoms with Crippen molar-refractivity contribution in [1.82, 2.24) is 0 Å². The largest absolute Gasteiger partial charge is 0.489 e. The van der Waals surface area contributed by atoms with E-state index in [-0.39, 0.29) is 17.5 Å². The Morgan fingerprint density at radius 1 is 0.935 bits per heavy atom. The van der Waals surface area contributed by atoms with Crippen molar-refractivity contribution in [3.63, 3.8) is 0 Å². The van der Waals surface area contributed by atoms with Crippen molar-refractivity contribution in [2.24, 2.45) is 0 Å². The molecule has 0 spiro atoms. The molecule has 0 saturated carbocycles. The van der Waals surface area contributed by atoms with Gasteiger partial charge in [0.05, 0.1) is 17.1 Å². The average molecular weight is 414 g/mol. The lowest BCUT2D eigenvalue weighted by Gasteiger charge is -2.10. The van der Waals surface area contributed by atoms with Crippen molar-refractivity contribution in [2.45, 2.75) is 26.6 Å². The van der Waals surface area contributed by atoms with E-state index in [1.165, 1.54) is 6.07 Å².